The lowest BCUT2D eigenvalue weighted by atomic mass is 10.2. The maximum absolute atomic E-state index is 12.6. The first-order chi connectivity index (χ1) is 11.6. The monoisotopic (exact) mass is 326 g/mol. The summed E-state index contributed by atoms with van der Waals surface area (Å²) in [5.41, 5.74) is 2.11. The van der Waals surface area contributed by atoms with Gasteiger partial charge in [-0.3, -0.25) is 14.8 Å². The normalized spacial score (nSPS) is 25.5. The van der Waals surface area contributed by atoms with Gasteiger partial charge in [-0.25, -0.2) is 9.97 Å². The number of rotatable bonds is 5. The topological polar surface area (TPSA) is 78.0 Å². The van der Waals surface area contributed by atoms with Crippen LogP contribution in [0.4, 0.5) is 0 Å². The molecule has 1 unspecified atom stereocenters. The van der Waals surface area contributed by atoms with Gasteiger partial charge < -0.3 is 4.90 Å². The summed E-state index contributed by atoms with van der Waals surface area (Å²) in [6, 6.07) is 1.91. The molecule has 2 aromatic rings. The molecule has 1 aliphatic carbocycles. The maximum atomic E-state index is 12.6. The number of piperidine rings is 1. The van der Waals surface area contributed by atoms with Gasteiger partial charge in [-0.05, 0) is 24.8 Å². The first-order valence-electron chi connectivity index (χ1n) is 8.35. The van der Waals surface area contributed by atoms with E-state index in [1.165, 1.54) is 0 Å². The molecule has 1 N–H and O–H groups in total. The van der Waals surface area contributed by atoms with E-state index in [9.17, 15) is 4.79 Å². The Kier molecular flexibility index (Phi) is 3.80. The molecule has 1 aliphatic heterocycles. The molecule has 2 fully saturated rings. The van der Waals surface area contributed by atoms with Crippen LogP contribution in [0.15, 0.2) is 24.7 Å². The number of amides is 1. The summed E-state index contributed by atoms with van der Waals surface area (Å²) in [5.74, 6) is 2.27. The minimum atomic E-state index is 0.198. The van der Waals surface area contributed by atoms with Crippen molar-refractivity contribution in [3.8, 4) is 0 Å². The van der Waals surface area contributed by atoms with Gasteiger partial charge in [-0.1, -0.05) is 0 Å². The van der Waals surface area contributed by atoms with Crippen LogP contribution >= 0.6 is 0 Å². The summed E-state index contributed by atoms with van der Waals surface area (Å²) < 4.78 is 0. The van der Waals surface area contributed by atoms with Crippen LogP contribution in [0.5, 0.6) is 0 Å². The average Bonchev–Trinajstić information content (AvgIpc) is 2.96. The molecule has 2 aliphatic rings. The average molecular weight is 326 g/mol. The van der Waals surface area contributed by atoms with E-state index in [-0.39, 0.29) is 11.8 Å². The molecule has 1 saturated carbocycles. The van der Waals surface area contributed by atoms with Gasteiger partial charge >= 0.3 is 0 Å². The van der Waals surface area contributed by atoms with E-state index in [0.29, 0.717) is 18.4 Å². The Bertz CT molecular complexity index is 701. The second-order valence-electron chi connectivity index (χ2n) is 6.96. The van der Waals surface area contributed by atoms with Crippen LogP contribution in [0.1, 0.15) is 17.1 Å². The van der Waals surface area contributed by atoms with E-state index in [2.05, 4.69) is 25.1 Å². The van der Waals surface area contributed by atoms with Crippen molar-refractivity contribution >= 4 is 5.91 Å². The lowest BCUT2D eigenvalue weighted by molar-refractivity contribution is -0.132. The largest absolute Gasteiger partial charge is 0.340 e. The molecule has 3 heterocycles. The zero-order valence-corrected chi connectivity index (χ0v) is 14.0. The molecule has 7 nitrogen and oxygen atoms in total. The molecular weight excluding hydrogens is 304 g/mol. The Labute approximate surface area is 141 Å². The molecule has 1 saturated heterocycles. The second kappa shape index (κ2) is 5.98. The van der Waals surface area contributed by atoms with Crippen molar-refractivity contribution < 1.29 is 4.79 Å². The molecule has 3 atom stereocenters. The zero-order chi connectivity index (χ0) is 16.7. The van der Waals surface area contributed by atoms with Crippen molar-refractivity contribution in [2.24, 2.45) is 17.8 Å². The minimum Gasteiger partial charge on any atom is -0.340 e. The summed E-state index contributed by atoms with van der Waals surface area (Å²) >= 11 is 0. The van der Waals surface area contributed by atoms with Crippen molar-refractivity contribution in [3.05, 3.63) is 41.7 Å². The SMILES string of the molecule is Cc1ncc(CN2C[C@@H]3C(C(=O)N(C)Cc4ccn[nH]4)[C@@H]3C2)cn1. The number of aromatic amines is 1. The zero-order valence-electron chi connectivity index (χ0n) is 14.0. The van der Waals surface area contributed by atoms with Crippen molar-refractivity contribution in [2.45, 2.75) is 20.0 Å². The van der Waals surface area contributed by atoms with Gasteiger partial charge in [0.1, 0.15) is 5.82 Å². The van der Waals surface area contributed by atoms with Crippen LogP contribution in [-0.4, -0.2) is 56.0 Å². The highest BCUT2D eigenvalue weighted by Crippen LogP contribution is 2.52. The van der Waals surface area contributed by atoms with E-state index >= 15 is 0 Å². The fourth-order valence-electron chi connectivity index (χ4n) is 3.83. The van der Waals surface area contributed by atoms with Gasteiger partial charge in [0.15, 0.2) is 0 Å². The van der Waals surface area contributed by atoms with E-state index < -0.39 is 0 Å². The molecule has 4 rings (SSSR count). The highest BCUT2D eigenvalue weighted by Gasteiger charge is 2.59. The van der Waals surface area contributed by atoms with E-state index in [1.54, 1.807) is 6.20 Å². The predicted molar refractivity (Wildman–Crippen MR) is 87.6 cm³/mol. The molecule has 24 heavy (non-hydrogen) atoms. The smallest absolute Gasteiger partial charge is 0.226 e. The molecular formula is C17H22N6O. The third-order valence-corrected chi connectivity index (χ3v) is 5.14. The molecule has 7 heteroatoms. The molecule has 0 radical (unpaired) electrons. The number of hydrogen-bond acceptors (Lipinski definition) is 5. The molecule has 0 bridgehead atoms. The number of hydrogen-bond donors (Lipinski definition) is 1. The summed E-state index contributed by atoms with van der Waals surface area (Å²) in [5, 5.41) is 6.83. The Hall–Kier alpha value is -2.28. The first kappa shape index (κ1) is 15.3. The third kappa shape index (κ3) is 2.91. The summed E-state index contributed by atoms with van der Waals surface area (Å²) in [6.07, 6.45) is 5.51. The van der Waals surface area contributed by atoms with E-state index in [0.717, 1.165) is 36.7 Å². The molecule has 0 spiro atoms. The second-order valence-corrected chi connectivity index (χ2v) is 6.96. The predicted octanol–water partition coefficient (Wildman–Crippen LogP) is 0.845. The number of carbonyl (C=O) groups is 1. The molecule has 0 aromatic carbocycles. The number of aromatic nitrogens is 4. The van der Waals surface area contributed by atoms with Gasteiger partial charge in [-0.2, -0.15) is 5.10 Å². The lowest BCUT2D eigenvalue weighted by Crippen LogP contribution is -2.33. The summed E-state index contributed by atoms with van der Waals surface area (Å²) in [4.78, 5) is 25.3. The Balaban J connectivity index is 1.28. The number of H-pyrrole nitrogens is 1. The number of fused-ring (bicyclic) bond motifs is 1. The third-order valence-electron chi connectivity index (χ3n) is 5.14. The van der Waals surface area contributed by atoms with Gasteiger partial charge in [-0.15, -0.1) is 0 Å². The summed E-state index contributed by atoms with van der Waals surface area (Å²) in [7, 11) is 1.87. The van der Waals surface area contributed by atoms with Crippen LogP contribution in [0.25, 0.3) is 0 Å². The van der Waals surface area contributed by atoms with Gasteiger partial charge in [0.25, 0.3) is 0 Å². The molecule has 2 aromatic heterocycles. The quantitative estimate of drug-likeness (QED) is 0.881. The van der Waals surface area contributed by atoms with Crippen molar-refractivity contribution in [3.63, 3.8) is 0 Å². The van der Waals surface area contributed by atoms with Crippen molar-refractivity contribution in [1.29, 1.82) is 0 Å². The van der Waals surface area contributed by atoms with Crippen molar-refractivity contribution in [2.75, 3.05) is 20.1 Å². The van der Waals surface area contributed by atoms with Crippen LogP contribution < -0.4 is 0 Å². The van der Waals surface area contributed by atoms with Crippen molar-refractivity contribution in [1.82, 2.24) is 30.0 Å². The fraction of sp³-hybridized carbons (Fsp3) is 0.529. The van der Waals surface area contributed by atoms with Gasteiger partial charge in [0.05, 0.1) is 12.2 Å². The highest BCUT2D eigenvalue weighted by atomic mass is 16.2. The Morgan fingerprint density at radius 3 is 2.67 bits per heavy atom. The van der Waals surface area contributed by atoms with Crippen LogP contribution in [0.2, 0.25) is 0 Å². The maximum Gasteiger partial charge on any atom is 0.226 e. The van der Waals surface area contributed by atoms with E-state index in [4.69, 9.17) is 0 Å². The number of carbonyl (C=O) groups excluding carboxylic acids is 1. The van der Waals surface area contributed by atoms with E-state index in [1.807, 2.05) is 37.3 Å². The van der Waals surface area contributed by atoms with Gasteiger partial charge in [0.2, 0.25) is 5.91 Å². The molecule has 126 valence electrons. The first-order valence-corrected chi connectivity index (χ1v) is 8.35. The number of likely N-dealkylation sites (tertiary alicyclic amines) is 1. The van der Waals surface area contributed by atoms with Crippen LogP contribution in [0, 0.1) is 24.7 Å². The van der Waals surface area contributed by atoms with Crippen LogP contribution in [0.3, 0.4) is 0 Å². The Morgan fingerprint density at radius 2 is 2.04 bits per heavy atom. The fourth-order valence-corrected chi connectivity index (χ4v) is 3.83. The standard InChI is InChI=1S/C17H22N6O/c1-11-18-5-12(6-19-11)7-23-9-14-15(10-23)16(14)17(24)22(2)8-13-3-4-20-21-13/h3-6,14-16H,7-10H2,1-2H3,(H,20,21)/t14-,15+,16?. The lowest BCUT2D eigenvalue weighted by Gasteiger charge is -2.21. The molecule has 1 amide bonds. The van der Waals surface area contributed by atoms with Crippen LogP contribution in [-0.2, 0) is 17.9 Å². The van der Waals surface area contributed by atoms with Gasteiger partial charge in [0, 0.05) is 56.8 Å². The number of aryl methyl sites for hydroxylation is 1. The summed E-state index contributed by atoms with van der Waals surface area (Å²) in [6.45, 7) is 5.35. The Morgan fingerprint density at radius 1 is 1.33 bits per heavy atom. The number of nitrogens with zero attached hydrogens (tertiary/aromatic N) is 5. The highest BCUT2D eigenvalue weighted by molar-refractivity contribution is 5.82. The number of nitrogens with one attached hydrogen (secondary N) is 1. The minimum absolute atomic E-state index is 0.198.